The zero-order valence-corrected chi connectivity index (χ0v) is 20.1. The van der Waals surface area contributed by atoms with Crippen molar-refractivity contribution in [3.8, 4) is 0 Å². The molecule has 2 saturated heterocycles. The number of aromatic nitrogens is 1. The number of hydrogen-bond acceptors (Lipinski definition) is 5. The number of piperidine rings is 1. The molecule has 1 unspecified atom stereocenters. The van der Waals surface area contributed by atoms with E-state index in [1.165, 1.54) is 48.4 Å². The fraction of sp³-hybridized carbons (Fsp3) is 0.577. The zero-order valence-electron chi connectivity index (χ0n) is 19.2. The lowest BCUT2D eigenvalue weighted by molar-refractivity contribution is -0.134. The van der Waals surface area contributed by atoms with Crippen molar-refractivity contribution in [2.75, 3.05) is 26.2 Å². The van der Waals surface area contributed by atoms with Gasteiger partial charge in [0.25, 0.3) is 5.91 Å². The predicted octanol–water partition coefficient (Wildman–Crippen LogP) is 4.43. The summed E-state index contributed by atoms with van der Waals surface area (Å²) < 4.78 is 0. The Morgan fingerprint density at radius 2 is 1.85 bits per heavy atom. The van der Waals surface area contributed by atoms with Crippen LogP contribution in [0.1, 0.15) is 55.5 Å². The number of carbonyl (C=O) groups excluding carboxylic acids is 2. The van der Waals surface area contributed by atoms with Crippen LogP contribution in [0.25, 0.3) is 0 Å². The number of likely N-dealkylation sites (tertiary alicyclic amines) is 1. The maximum Gasteiger partial charge on any atom is 0.325 e. The predicted molar refractivity (Wildman–Crippen MR) is 130 cm³/mol. The zero-order chi connectivity index (χ0) is 22.7. The van der Waals surface area contributed by atoms with Crippen molar-refractivity contribution in [3.63, 3.8) is 0 Å². The van der Waals surface area contributed by atoms with Crippen LogP contribution in [-0.2, 0) is 16.8 Å². The number of nitrogens with zero attached hydrogens (tertiary/aromatic N) is 3. The van der Waals surface area contributed by atoms with Crippen LogP contribution in [0.15, 0.2) is 41.9 Å². The average molecular weight is 467 g/mol. The van der Waals surface area contributed by atoms with E-state index in [0.29, 0.717) is 18.7 Å². The van der Waals surface area contributed by atoms with Crippen molar-refractivity contribution in [1.82, 2.24) is 20.1 Å². The van der Waals surface area contributed by atoms with E-state index >= 15 is 0 Å². The molecule has 0 bridgehead atoms. The van der Waals surface area contributed by atoms with Crippen molar-refractivity contribution in [2.45, 2.75) is 56.9 Å². The Hall–Kier alpha value is -2.25. The minimum atomic E-state index is -1.05. The Balaban J connectivity index is 1.32. The molecular formula is C26H34N4O2S. The Labute approximate surface area is 200 Å². The van der Waals surface area contributed by atoms with Crippen molar-refractivity contribution >= 4 is 23.3 Å². The summed E-state index contributed by atoms with van der Waals surface area (Å²) in [5.41, 5.74) is -0.377. The maximum absolute atomic E-state index is 13.9. The molecule has 2 aromatic heterocycles. The Morgan fingerprint density at radius 1 is 1.03 bits per heavy atom. The molecule has 0 radical (unpaired) electrons. The lowest BCUT2D eigenvalue weighted by atomic mass is 9.74. The molecule has 176 valence electrons. The van der Waals surface area contributed by atoms with Crippen molar-refractivity contribution in [2.24, 2.45) is 11.8 Å². The van der Waals surface area contributed by atoms with Gasteiger partial charge in [0.2, 0.25) is 0 Å². The van der Waals surface area contributed by atoms with Gasteiger partial charge in [-0.25, -0.2) is 4.79 Å². The van der Waals surface area contributed by atoms with Gasteiger partial charge in [0, 0.05) is 24.2 Å². The van der Waals surface area contributed by atoms with E-state index in [4.69, 9.17) is 0 Å². The first-order valence-electron chi connectivity index (χ1n) is 12.5. The minimum absolute atomic E-state index is 0.0539. The Kier molecular flexibility index (Phi) is 6.79. The maximum atomic E-state index is 13.9. The molecule has 3 aliphatic rings. The minimum Gasteiger partial charge on any atom is -0.318 e. The van der Waals surface area contributed by atoms with Gasteiger partial charge in [-0.15, -0.1) is 11.3 Å². The second kappa shape index (κ2) is 9.94. The van der Waals surface area contributed by atoms with Crippen LogP contribution >= 0.6 is 11.3 Å². The summed E-state index contributed by atoms with van der Waals surface area (Å²) >= 11 is 1.66. The number of urea groups is 1. The van der Waals surface area contributed by atoms with Crippen LogP contribution in [-0.4, -0.2) is 52.9 Å². The molecule has 5 rings (SSSR count). The standard InChI is InChI=1S/C26H34N4O2S/c31-24-26(23-10-4-5-14-27-23,28-25(32)30(24)17-13-22-9-6-18-33-22)21-11-15-29(16-12-21)19-20-7-2-1-3-8-20/h4-6,9-10,14,18,20-21H,1-3,7-8,11-13,15-17,19H2,(H,28,32). The quantitative estimate of drug-likeness (QED) is 0.614. The number of nitrogens with one attached hydrogen (secondary N) is 1. The first kappa shape index (κ1) is 22.5. The summed E-state index contributed by atoms with van der Waals surface area (Å²) in [6, 6.07) is 9.44. The summed E-state index contributed by atoms with van der Waals surface area (Å²) in [6.45, 7) is 3.54. The first-order chi connectivity index (χ1) is 16.2. The Bertz CT molecular complexity index is 936. The third kappa shape index (κ3) is 4.58. The monoisotopic (exact) mass is 466 g/mol. The summed E-state index contributed by atoms with van der Waals surface area (Å²) in [7, 11) is 0. The van der Waals surface area contributed by atoms with Crippen LogP contribution in [0.5, 0.6) is 0 Å². The van der Waals surface area contributed by atoms with Crippen LogP contribution in [0.4, 0.5) is 4.79 Å². The first-order valence-corrected chi connectivity index (χ1v) is 13.3. The van der Waals surface area contributed by atoms with Crippen molar-refractivity contribution in [3.05, 3.63) is 52.5 Å². The molecule has 2 aromatic rings. The molecule has 2 aliphatic heterocycles. The lowest BCUT2D eigenvalue weighted by Crippen LogP contribution is -2.54. The van der Waals surface area contributed by atoms with Gasteiger partial charge < -0.3 is 10.2 Å². The molecule has 1 aliphatic carbocycles. The number of pyridine rings is 1. The number of rotatable bonds is 7. The number of carbonyl (C=O) groups is 2. The number of hydrogen-bond donors (Lipinski definition) is 1. The summed E-state index contributed by atoms with van der Waals surface area (Å²) in [6.07, 6.45) is 11.0. The van der Waals surface area contributed by atoms with Gasteiger partial charge in [0.15, 0.2) is 5.54 Å². The van der Waals surface area contributed by atoms with Gasteiger partial charge in [0.05, 0.1) is 5.69 Å². The molecule has 7 heteroatoms. The van der Waals surface area contributed by atoms with Gasteiger partial charge in [0.1, 0.15) is 0 Å². The molecule has 1 saturated carbocycles. The number of imide groups is 1. The molecule has 0 spiro atoms. The Morgan fingerprint density at radius 3 is 2.55 bits per heavy atom. The third-order valence-electron chi connectivity index (χ3n) is 7.80. The molecule has 3 fully saturated rings. The number of amides is 3. The molecule has 6 nitrogen and oxygen atoms in total. The van der Waals surface area contributed by atoms with Crippen LogP contribution in [0.2, 0.25) is 0 Å². The smallest absolute Gasteiger partial charge is 0.318 e. The van der Waals surface area contributed by atoms with E-state index < -0.39 is 5.54 Å². The molecule has 1 N–H and O–H groups in total. The van der Waals surface area contributed by atoms with E-state index in [2.05, 4.69) is 21.3 Å². The summed E-state index contributed by atoms with van der Waals surface area (Å²) in [4.78, 5) is 36.7. The van der Waals surface area contributed by atoms with Gasteiger partial charge in [-0.05, 0) is 80.6 Å². The summed E-state index contributed by atoms with van der Waals surface area (Å²) in [5.74, 6) is 0.743. The van der Waals surface area contributed by atoms with Gasteiger partial charge in [-0.2, -0.15) is 0 Å². The van der Waals surface area contributed by atoms with Gasteiger partial charge >= 0.3 is 6.03 Å². The molecule has 4 heterocycles. The second-order valence-electron chi connectivity index (χ2n) is 9.82. The van der Waals surface area contributed by atoms with Crippen LogP contribution in [0.3, 0.4) is 0 Å². The molecule has 1 atom stereocenters. The normalized spacial score (nSPS) is 25.5. The highest BCUT2D eigenvalue weighted by atomic mass is 32.1. The van der Waals surface area contributed by atoms with Crippen LogP contribution in [0, 0.1) is 11.8 Å². The van der Waals surface area contributed by atoms with Crippen LogP contribution < -0.4 is 5.32 Å². The van der Waals surface area contributed by atoms with E-state index in [-0.39, 0.29) is 17.9 Å². The van der Waals surface area contributed by atoms with E-state index in [1.54, 1.807) is 17.5 Å². The molecule has 3 amide bonds. The highest BCUT2D eigenvalue weighted by Gasteiger charge is 2.57. The highest BCUT2D eigenvalue weighted by Crippen LogP contribution is 2.41. The van der Waals surface area contributed by atoms with E-state index in [0.717, 1.165) is 31.8 Å². The fourth-order valence-corrected chi connectivity index (χ4v) is 6.71. The van der Waals surface area contributed by atoms with Crippen molar-refractivity contribution in [1.29, 1.82) is 0 Å². The topological polar surface area (TPSA) is 65.5 Å². The van der Waals surface area contributed by atoms with E-state index in [1.807, 2.05) is 29.6 Å². The largest absolute Gasteiger partial charge is 0.325 e. The lowest BCUT2D eigenvalue weighted by Gasteiger charge is -2.41. The highest BCUT2D eigenvalue weighted by molar-refractivity contribution is 7.09. The third-order valence-corrected chi connectivity index (χ3v) is 8.74. The molecular weight excluding hydrogens is 432 g/mol. The van der Waals surface area contributed by atoms with Gasteiger partial charge in [-0.1, -0.05) is 31.4 Å². The number of thiophene rings is 1. The van der Waals surface area contributed by atoms with Gasteiger partial charge in [-0.3, -0.25) is 14.7 Å². The molecule has 33 heavy (non-hydrogen) atoms. The second-order valence-corrected chi connectivity index (χ2v) is 10.9. The summed E-state index contributed by atoms with van der Waals surface area (Å²) in [5, 5.41) is 5.17. The molecule has 0 aromatic carbocycles. The SMILES string of the molecule is O=C1NC(c2ccccn2)(C2CCN(CC3CCCCC3)CC2)C(=O)N1CCc1cccs1. The van der Waals surface area contributed by atoms with Crippen molar-refractivity contribution < 1.29 is 9.59 Å². The van der Waals surface area contributed by atoms with E-state index in [9.17, 15) is 9.59 Å². The average Bonchev–Trinajstić information content (AvgIpc) is 3.46. The fourth-order valence-electron chi connectivity index (χ4n) is 6.01.